The monoisotopic (exact) mass is 206 g/mol. The Balaban J connectivity index is 2.85. The smallest absolute Gasteiger partial charge is 0.124 e. The number of halogens is 1. The molecule has 0 aliphatic heterocycles. The van der Waals surface area contributed by atoms with E-state index >= 15 is 0 Å². The van der Waals surface area contributed by atoms with Crippen molar-refractivity contribution in [3.8, 4) is 6.07 Å². The zero-order chi connectivity index (χ0) is 11.3. The van der Waals surface area contributed by atoms with Crippen molar-refractivity contribution in [2.24, 2.45) is 0 Å². The molecule has 0 amide bonds. The molecule has 1 aromatic carbocycles. The number of rotatable bonds is 4. The van der Waals surface area contributed by atoms with E-state index in [1.54, 1.807) is 6.07 Å². The van der Waals surface area contributed by atoms with Crippen molar-refractivity contribution in [2.75, 3.05) is 13.1 Å². The van der Waals surface area contributed by atoms with Gasteiger partial charge in [0.25, 0.3) is 0 Å². The number of nitrogens with zero attached hydrogens (tertiary/aromatic N) is 2. The van der Waals surface area contributed by atoms with Crippen LogP contribution < -0.4 is 0 Å². The van der Waals surface area contributed by atoms with Gasteiger partial charge in [-0.15, -0.1) is 0 Å². The highest BCUT2D eigenvalue weighted by atomic mass is 19.1. The van der Waals surface area contributed by atoms with E-state index in [-0.39, 0.29) is 5.82 Å². The van der Waals surface area contributed by atoms with Crippen molar-refractivity contribution < 1.29 is 4.39 Å². The molecule has 0 heterocycles. The third-order valence-electron chi connectivity index (χ3n) is 2.39. The van der Waals surface area contributed by atoms with Gasteiger partial charge in [-0.2, -0.15) is 5.26 Å². The highest BCUT2D eigenvalue weighted by Crippen LogP contribution is 2.10. The van der Waals surface area contributed by atoms with E-state index < -0.39 is 0 Å². The Hall–Kier alpha value is -1.40. The zero-order valence-electron chi connectivity index (χ0n) is 9.13. The molecule has 3 heteroatoms. The molecule has 0 fully saturated rings. The molecule has 1 aromatic rings. The average molecular weight is 206 g/mol. The van der Waals surface area contributed by atoms with Crippen LogP contribution in [0, 0.1) is 17.1 Å². The largest absolute Gasteiger partial charge is 0.300 e. The Morgan fingerprint density at radius 2 is 1.93 bits per heavy atom. The van der Waals surface area contributed by atoms with Crippen LogP contribution in [0.3, 0.4) is 0 Å². The SMILES string of the molecule is CCN(CC)Cc1cc(F)cc(C#N)c1. The molecule has 0 saturated heterocycles. The lowest BCUT2D eigenvalue weighted by Gasteiger charge is -2.17. The molecule has 0 spiro atoms. The van der Waals surface area contributed by atoms with E-state index in [0.717, 1.165) is 18.7 Å². The van der Waals surface area contributed by atoms with Crippen LogP contribution in [0.4, 0.5) is 4.39 Å². The van der Waals surface area contributed by atoms with Gasteiger partial charge in [0.1, 0.15) is 5.82 Å². The highest BCUT2D eigenvalue weighted by molar-refractivity contribution is 5.33. The second-order valence-corrected chi connectivity index (χ2v) is 3.42. The summed E-state index contributed by atoms with van der Waals surface area (Å²) in [7, 11) is 0. The fourth-order valence-corrected chi connectivity index (χ4v) is 1.51. The molecule has 0 unspecified atom stereocenters. The van der Waals surface area contributed by atoms with Gasteiger partial charge in [-0.05, 0) is 36.9 Å². The van der Waals surface area contributed by atoms with Crippen LogP contribution >= 0.6 is 0 Å². The molecule has 0 aromatic heterocycles. The van der Waals surface area contributed by atoms with Gasteiger partial charge >= 0.3 is 0 Å². The predicted octanol–water partition coefficient (Wildman–Crippen LogP) is 2.54. The van der Waals surface area contributed by atoms with Crippen LogP contribution in [-0.2, 0) is 6.54 Å². The fourth-order valence-electron chi connectivity index (χ4n) is 1.51. The maximum Gasteiger partial charge on any atom is 0.124 e. The van der Waals surface area contributed by atoms with Crippen molar-refractivity contribution in [1.82, 2.24) is 4.90 Å². The first-order valence-corrected chi connectivity index (χ1v) is 5.11. The summed E-state index contributed by atoms with van der Waals surface area (Å²) in [6.07, 6.45) is 0. The maximum atomic E-state index is 13.1. The minimum Gasteiger partial charge on any atom is -0.300 e. The molecule has 0 atom stereocenters. The predicted molar refractivity (Wildman–Crippen MR) is 57.7 cm³/mol. The quantitative estimate of drug-likeness (QED) is 0.757. The summed E-state index contributed by atoms with van der Waals surface area (Å²) in [5.74, 6) is -0.337. The van der Waals surface area contributed by atoms with Crippen molar-refractivity contribution >= 4 is 0 Å². The Morgan fingerprint density at radius 3 is 2.47 bits per heavy atom. The molecule has 2 nitrogen and oxygen atoms in total. The van der Waals surface area contributed by atoms with Crippen LogP contribution in [0.2, 0.25) is 0 Å². The third kappa shape index (κ3) is 3.34. The molecule has 0 aliphatic rings. The van der Waals surface area contributed by atoms with Gasteiger partial charge in [0, 0.05) is 6.54 Å². The second-order valence-electron chi connectivity index (χ2n) is 3.42. The number of hydrogen-bond acceptors (Lipinski definition) is 2. The minimum absolute atomic E-state index is 0.337. The molecule has 0 aliphatic carbocycles. The summed E-state index contributed by atoms with van der Waals surface area (Å²) in [4.78, 5) is 2.18. The molecular weight excluding hydrogens is 191 g/mol. The molecule has 80 valence electrons. The minimum atomic E-state index is -0.337. The van der Waals surface area contributed by atoms with E-state index in [9.17, 15) is 4.39 Å². The summed E-state index contributed by atoms with van der Waals surface area (Å²) < 4.78 is 13.1. The average Bonchev–Trinajstić information content (AvgIpc) is 2.25. The number of hydrogen-bond donors (Lipinski definition) is 0. The van der Waals surface area contributed by atoms with Crippen molar-refractivity contribution in [3.05, 3.63) is 35.1 Å². The van der Waals surface area contributed by atoms with E-state index in [0.29, 0.717) is 12.1 Å². The molecule has 1 rings (SSSR count). The molecule has 15 heavy (non-hydrogen) atoms. The van der Waals surface area contributed by atoms with Gasteiger partial charge in [0.15, 0.2) is 0 Å². The Bertz CT molecular complexity index is 364. The van der Waals surface area contributed by atoms with E-state index in [1.165, 1.54) is 12.1 Å². The van der Waals surface area contributed by atoms with Crippen LogP contribution in [0.1, 0.15) is 25.0 Å². The Kier molecular flexibility index (Phi) is 4.26. The number of benzene rings is 1. The molecule has 0 radical (unpaired) electrons. The second kappa shape index (κ2) is 5.47. The van der Waals surface area contributed by atoms with Gasteiger partial charge in [0.05, 0.1) is 11.6 Å². The van der Waals surface area contributed by atoms with Crippen molar-refractivity contribution in [2.45, 2.75) is 20.4 Å². The lowest BCUT2D eigenvalue weighted by Crippen LogP contribution is -2.22. The van der Waals surface area contributed by atoms with Gasteiger partial charge in [-0.3, -0.25) is 4.90 Å². The van der Waals surface area contributed by atoms with E-state index in [1.807, 2.05) is 6.07 Å². The Morgan fingerprint density at radius 1 is 1.27 bits per heavy atom. The van der Waals surface area contributed by atoms with Gasteiger partial charge < -0.3 is 0 Å². The number of nitriles is 1. The molecule has 0 N–H and O–H groups in total. The summed E-state index contributed by atoms with van der Waals surface area (Å²) in [5.41, 5.74) is 1.24. The third-order valence-corrected chi connectivity index (χ3v) is 2.39. The first-order valence-electron chi connectivity index (χ1n) is 5.11. The summed E-state index contributed by atoms with van der Waals surface area (Å²) >= 11 is 0. The Labute approximate surface area is 89.9 Å². The summed E-state index contributed by atoms with van der Waals surface area (Å²) in [5, 5.41) is 8.70. The normalized spacial score (nSPS) is 10.3. The van der Waals surface area contributed by atoms with Gasteiger partial charge in [-0.1, -0.05) is 13.8 Å². The first kappa shape index (κ1) is 11.7. The van der Waals surface area contributed by atoms with Crippen molar-refractivity contribution in [3.63, 3.8) is 0 Å². The van der Waals surface area contributed by atoms with Gasteiger partial charge in [-0.25, -0.2) is 4.39 Å². The first-order chi connectivity index (χ1) is 7.19. The maximum absolute atomic E-state index is 13.1. The fraction of sp³-hybridized carbons (Fsp3) is 0.417. The van der Waals surface area contributed by atoms with E-state index in [4.69, 9.17) is 5.26 Å². The van der Waals surface area contributed by atoms with Crippen LogP contribution in [0.15, 0.2) is 18.2 Å². The van der Waals surface area contributed by atoms with Crippen molar-refractivity contribution in [1.29, 1.82) is 5.26 Å². The topological polar surface area (TPSA) is 27.0 Å². The standard InChI is InChI=1S/C12H15FN2/c1-3-15(4-2)9-11-5-10(8-14)6-12(13)7-11/h5-7H,3-4,9H2,1-2H3. The van der Waals surface area contributed by atoms with E-state index in [2.05, 4.69) is 18.7 Å². The molecular formula is C12H15FN2. The molecule has 0 bridgehead atoms. The van der Waals surface area contributed by atoms with Crippen LogP contribution in [-0.4, -0.2) is 18.0 Å². The lowest BCUT2D eigenvalue weighted by atomic mass is 10.1. The highest BCUT2D eigenvalue weighted by Gasteiger charge is 2.04. The van der Waals surface area contributed by atoms with Gasteiger partial charge in [0.2, 0.25) is 0 Å². The zero-order valence-corrected chi connectivity index (χ0v) is 9.13. The summed E-state index contributed by atoms with van der Waals surface area (Å²) in [6.45, 7) is 6.67. The molecule has 0 saturated carbocycles. The van der Waals surface area contributed by atoms with Crippen LogP contribution in [0.5, 0.6) is 0 Å². The van der Waals surface area contributed by atoms with Crippen LogP contribution in [0.25, 0.3) is 0 Å². The summed E-state index contributed by atoms with van der Waals surface area (Å²) in [6, 6.07) is 6.44. The lowest BCUT2D eigenvalue weighted by molar-refractivity contribution is 0.295.